The van der Waals surface area contributed by atoms with Gasteiger partial charge in [-0.15, -0.1) is 0 Å². The molecular weight excluding hydrogens is 484 g/mol. The summed E-state index contributed by atoms with van der Waals surface area (Å²) in [6.45, 7) is 10.4. The van der Waals surface area contributed by atoms with E-state index < -0.39 is 0 Å². The van der Waals surface area contributed by atoms with Crippen LogP contribution in [0.1, 0.15) is 23.9 Å². The number of morpholine rings is 1. The first-order valence-electron chi connectivity index (χ1n) is 11.4. The molecule has 3 aromatic rings. The van der Waals surface area contributed by atoms with Crippen molar-refractivity contribution in [2.45, 2.75) is 20.1 Å². The molecule has 1 aliphatic heterocycles. The number of hydrogen-bond donors (Lipinski definition) is 0. The fourth-order valence-corrected chi connectivity index (χ4v) is 3.86. The maximum absolute atomic E-state index is 8.95. The van der Waals surface area contributed by atoms with Gasteiger partial charge in [0.15, 0.2) is 5.76 Å². The van der Waals surface area contributed by atoms with E-state index in [1.165, 1.54) is 7.11 Å². The van der Waals surface area contributed by atoms with Crippen molar-refractivity contribution in [3.8, 4) is 23.0 Å². The van der Waals surface area contributed by atoms with Crippen molar-refractivity contribution in [2.24, 2.45) is 0 Å². The zero-order valence-electron chi connectivity index (χ0n) is 20.8. The third kappa shape index (κ3) is 7.58. The Labute approximate surface area is 216 Å². The van der Waals surface area contributed by atoms with Crippen LogP contribution in [0.3, 0.4) is 0 Å². The first-order chi connectivity index (χ1) is 17.4. The van der Waals surface area contributed by atoms with Gasteiger partial charge < -0.3 is 23.4 Å². The van der Waals surface area contributed by atoms with E-state index in [0.29, 0.717) is 35.4 Å². The van der Waals surface area contributed by atoms with Gasteiger partial charge in [-0.1, -0.05) is 18.2 Å². The summed E-state index contributed by atoms with van der Waals surface area (Å²) in [6, 6.07) is 13.3. The predicted octanol–water partition coefficient (Wildman–Crippen LogP) is 5.24. The molecule has 0 bridgehead atoms. The Kier molecular flexibility index (Phi) is 10.4. The van der Waals surface area contributed by atoms with Crippen LogP contribution < -0.4 is 9.47 Å². The van der Waals surface area contributed by atoms with Crippen LogP contribution >= 0.6 is 11.6 Å². The van der Waals surface area contributed by atoms with Gasteiger partial charge in [-0.05, 0) is 60.5 Å². The average Bonchev–Trinajstić information content (AvgIpc) is 3.30. The zero-order valence-corrected chi connectivity index (χ0v) is 21.5. The minimum atomic E-state index is 0.256. The van der Waals surface area contributed by atoms with E-state index in [2.05, 4.69) is 16.2 Å². The number of carbonyl (C=O) groups is 1. The van der Waals surface area contributed by atoms with Crippen LogP contribution in [0.2, 0.25) is 5.02 Å². The maximum Gasteiger partial charge on any atom is 0.292 e. The van der Waals surface area contributed by atoms with E-state index in [1.54, 1.807) is 13.2 Å². The molecule has 192 valence electrons. The van der Waals surface area contributed by atoms with Gasteiger partial charge in [0.2, 0.25) is 5.89 Å². The lowest BCUT2D eigenvalue weighted by molar-refractivity contribution is -0.126. The van der Waals surface area contributed by atoms with Crippen molar-refractivity contribution in [2.75, 3.05) is 40.5 Å². The number of allylic oxidation sites excluding steroid dienone is 1. The van der Waals surface area contributed by atoms with Gasteiger partial charge >= 0.3 is 0 Å². The number of rotatable bonds is 9. The van der Waals surface area contributed by atoms with E-state index in [1.807, 2.05) is 43.3 Å². The first kappa shape index (κ1) is 27.3. The largest absolute Gasteiger partial charge is 0.497 e. The summed E-state index contributed by atoms with van der Waals surface area (Å²) in [5, 5.41) is 0.611. The van der Waals surface area contributed by atoms with Crippen molar-refractivity contribution >= 4 is 23.6 Å². The van der Waals surface area contributed by atoms with Crippen molar-refractivity contribution in [3.05, 3.63) is 71.1 Å². The highest BCUT2D eigenvalue weighted by Crippen LogP contribution is 2.29. The molecule has 36 heavy (non-hydrogen) atoms. The quantitative estimate of drug-likeness (QED) is 0.359. The zero-order chi connectivity index (χ0) is 25.9. The first-order valence-corrected chi connectivity index (χ1v) is 11.8. The van der Waals surface area contributed by atoms with E-state index in [4.69, 9.17) is 40.0 Å². The Hall–Kier alpha value is -3.33. The lowest BCUT2D eigenvalue weighted by Gasteiger charge is -2.25. The summed E-state index contributed by atoms with van der Waals surface area (Å²) in [4.78, 5) is 16.0. The van der Waals surface area contributed by atoms with Crippen molar-refractivity contribution in [3.63, 3.8) is 0 Å². The molecule has 0 radical (unpaired) electrons. The normalized spacial score (nSPS) is 13.3. The third-order valence-electron chi connectivity index (χ3n) is 5.46. The molecule has 1 aromatic heterocycles. The minimum Gasteiger partial charge on any atom is -0.497 e. The topological polar surface area (TPSA) is 83.3 Å². The second-order valence-corrected chi connectivity index (χ2v) is 8.46. The number of carbonyl (C=O) groups excluding carboxylic acids is 1. The number of oxazole rings is 1. The molecule has 0 saturated carbocycles. The number of methoxy groups -OCH3 is 2. The van der Waals surface area contributed by atoms with Gasteiger partial charge in [-0.25, -0.2) is 4.98 Å². The molecule has 9 heteroatoms. The number of hydrogen-bond acceptors (Lipinski definition) is 8. The number of aromatic nitrogens is 1. The Morgan fingerprint density at radius 1 is 1.14 bits per heavy atom. The van der Waals surface area contributed by atoms with Crippen LogP contribution in [0, 0.1) is 0 Å². The van der Waals surface area contributed by atoms with Crippen molar-refractivity contribution < 1.29 is 28.2 Å². The van der Waals surface area contributed by atoms with Crippen LogP contribution in [0.25, 0.3) is 17.0 Å². The molecule has 1 fully saturated rings. The second kappa shape index (κ2) is 13.7. The highest BCUT2D eigenvalue weighted by atomic mass is 35.5. The maximum atomic E-state index is 8.95. The Balaban J connectivity index is 0.000000840. The SMILES string of the molecule is C=C(C)c1ccc(OCc2oc(-c3ccc(OC)cc3)nc2CN2CCOCC2)cc1Cl.COC=O. The van der Waals surface area contributed by atoms with Gasteiger partial charge in [0.05, 0.1) is 32.5 Å². The molecule has 1 aliphatic rings. The van der Waals surface area contributed by atoms with Crippen LogP contribution in [-0.4, -0.2) is 56.9 Å². The summed E-state index contributed by atoms with van der Waals surface area (Å²) in [5.74, 6) is 2.71. The minimum absolute atomic E-state index is 0.256. The summed E-state index contributed by atoms with van der Waals surface area (Å²) in [5.41, 5.74) is 3.57. The van der Waals surface area contributed by atoms with Gasteiger partial charge in [0, 0.05) is 25.2 Å². The highest BCUT2D eigenvalue weighted by Gasteiger charge is 2.20. The van der Waals surface area contributed by atoms with Gasteiger partial charge in [0.25, 0.3) is 6.47 Å². The molecule has 0 unspecified atom stereocenters. The summed E-state index contributed by atoms with van der Waals surface area (Å²) < 4.78 is 26.7. The molecule has 1 saturated heterocycles. The Morgan fingerprint density at radius 2 is 1.81 bits per heavy atom. The average molecular weight is 515 g/mol. The molecule has 2 heterocycles. The molecule has 0 amide bonds. The molecule has 8 nitrogen and oxygen atoms in total. The second-order valence-electron chi connectivity index (χ2n) is 8.05. The van der Waals surface area contributed by atoms with Crippen LogP contribution in [0.15, 0.2) is 53.5 Å². The molecule has 0 aliphatic carbocycles. The summed E-state index contributed by atoms with van der Waals surface area (Å²) in [7, 11) is 2.96. The van der Waals surface area contributed by atoms with E-state index >= 15 is 0 Å². The van der Waals surface area contributed by atoms with Gasteiger partial charge in [-0.2, -0.15) is 0 Å². The van der Waals surface area contributed by atoms with Gasteiger partial charge in [0.1, 0.15) is 23.8 Å². The van der Waals surface area contributed by atoms with Crippen LogP contribution in [-0.2, 0) is 27.4 Å². The summed E-state index contributed by atoms with van der Waals surface area (Å²) in [6.07, 6.45) is 0. The van der Waals surface area contributed by atoms with Crippen LogP contribution in [0.4, 0.5) is 0 Å². The lowest BCUT2D eigenvalue weighted by Crippen LogP contribution is -2.36. The smallest absolute Gasteiger partial charge is 0.292 e. The summed E-state index contributed by atoms with van der Waals surface area (Å²) >= 11 is 6.37. The van der Waals surface area contributed by atoms with E-state index in [-0.39, 0.29) is 6.61 Å². The number of benzene rings is 2. The molecule has 2 aromatic carbocycles. The van der Waals surface area contributed by atoms with E-state index in [0.717, 1.165) is 54.4 Å². The molecule has 0 N–H and O–H groups in total. The lowest BCUT2D eigenvalue weighted by atomic mass is 10.1. The molecule has 0 spiro atoms. The van der Waals surface area contributed by atoms with Crippen LogP contribution in [0.5, 0.6) is 11.5 Å². The number of nitrogens with zero attached hydrogens (tertiary/aromatic N) is 2. The fourth-order valence-electron chi connectivity index (χ4n) is 3.53. The fraction of sp³-hybridized carbons (Fsp3) is 0.333. The molecular formula is C27H31ClN2O6. The van der Waals surface area contributed by atoms with Gasteiger partial charge in [-0.3, -0.25) is 9.69 Å². The van der Waals surface area contributed by atoms with E-state index in [9.17, 15) is 0 Å². The van der Waals surface area contributed by atoms with Crippen molar-refractivity contribution in [1.82, 2.24) is 9.88 Å². The standard InChI is InChI=1S/C25H27ClN2O4.C2H4O2/c1-17(2)21-9-8-20(14-22(21)26)31-16-24-23(15-28-10-12-30-13-11-28)27-25(32-24)18-4-6-19(29-3)7-5-18;1-4-2-3/h4-9,14H,1,10-13,15-16H2,2-3H3;2H,1H3. The molecule has 4 rings (SSSR count). The number of halogens is 1. The Morgan fingerprint density at radius 3 is 2.39 bits per heavy atom. The predicted molar refractivity (Wildman–Crippen MR) is 138 cm³/mol. The number of ether oxygens (including phenoxy) is 4. The monoisotopic (exact) mass is 514 g/mol. The van der Waals surface area contributed by atoms with Crippen molar-refractivity contribution in [1.29, 1.82) is 0 Å². The highest BCUT2D eigenvalue weighted by molar-refractivity contribution is 6.32. The Bertz CT molecular complexity index is 1140. The third-order valence-corrected chi connectivity index (χ3v) is 5.77. The molecule has 0 atom stereocenters.